The second-order valence-electron chi connectivity index (χ2n) is 4.55. The van der Waals surface area contributed by atoms with Crippen molar-refractivity contribution in [3.05, 3.63) is 34.0 Å². The molecule has 7 heteroatoms. The van der Waals surface area contributed by atoms with E-state index in [4.69, 9.17) is 5.73 Å². The van der Waals surface area contributed by atoms with Gasteiger partial charge in [0.05, 0.1) is 11.2 Å². The highest BCUT2D eigenvalue weighted by Crippen LogP contribution is 2.09. The Morgan fingerprint density at radius 1 is 1.50 bits per heavy atom. The van der Waals surface area contributed by atoms with Crippen LogP contribution in [0.25, 0.3) is 0 Å². The molecule has 0 atom stereocenters. The summed E-state index contributed by atoms with van der Waals surface area (Å²) in [6, 6.07) is 0. The van der Waals surface area contributed by atoms with E-state index in [2.05, 4.69) is 15.4 Å². The first-order valence-corrected chi connectivity index (χ1v) is 7.47. The second-order valence-corrected chi connectivity index (χ2v) is 5.49. The molecule has 3 N–H and O–H groups in total. The van der Waals surface area contributed by atoms with E-state index in [1.165, 1.54) is 16.9 Å². The highest BCUT2D eigenvalue weighted by Gasteiger charge is 2.09. The number of aryl methyl sites for hydroxylation is 2. The number of carbonyl (C=O) groups is 1. The van der Waals surface area contributed by atoms with Crippen molar-refractivity contribution in [2.45, 2.75) is 19.3 Å². The molecule has 0 aromatic carbocycles. The van der Waals surface area contributed by atoms with Gasteiger partial charge in [0.25, 0.3) is 5.91 Å². The Morgan fingerprint density at radius 2 is 2.35 bits per heavy atom. The summed E-state index contributed by atoms with van der Waals surface area (Å²) in [6.45, 7) is 1.19. The number of rotatable bonds is 7. The van der Waals surface area contributed by atoms with Gasteiger partial charge < -0.3 is 11.1 Å². The molecule has 0 unspecified atom stereocenters. The van der Waals surface area contributed by atoms with E-state index in [0.717, 1.165) is 24.3 Å². The minimum Gasteiger partial charge on any atom is -0.351 e. The summed E-state index contributed by atoms with van der Waals surface area (Å²) in [4.78, 5) is 16.1. The fourth-order valence-corrected chi connectivity index (χ4v) is 2.63. The number of hydrogen-bond acceptors (Lipinski definition) is 5. The lowest BCUT2D eigenvalue weighted by Gasteiger charge is -2.02. The lowest BCUT2D eigenvalue weighted by molar-refractivity contribution is 0.0949. The van der Waals surface area contributed by atoms with Crippen LogP contribution in [-0.4, -0.2) is 33.8 Å². The van der Waals surface area contributed by atoms with Crippen LogP contribution in [0, 0.1) is 0 Å². The predicted octanol–water partition coefficient (Wildman–Crippen LogP) is 0.740. The first kappa shape index (κ1) is 14.7. The third kappa shape index (κ3) is 4.14. The van der Waals surface area contributed by atoms with Crippen molar-refractivity contribution in [1.29, 1.82) is 0 Å². The van der Waals surface area contributed by atoms with Crippen molar-refractivity contribution in [2.75, 3.05) is 13.1 Å². The van der Waals surface area contributed by atoms with E-state index in [-0.39, 0.29) is 5.91 Å². The van der Waals surface area contributed by atoms with Crippen LogP contribution in [0.1, 0.15) is 27.5 Å². The van der Waals surface area contributed by atoms with Gasteiger partial charge in [-0.1, -0.05) is 0 Å². The zero-order chi connectivity index (χ0) is 14.4. The van der Waals surface area contributed by atoms with Crippen LogP contribution in [0.5, 0.6) is 0 Å². The average molecular weight is 293 g/mol. The third-order valence-electron chi connectivity index (χ3n) is 2.83. The van der Waals surface area contributed by atoms with Gasteiger partial charge >= 0.3 is 0 Å². The molecule has 6 nitrogen and oxygen atoms in total. The number of thiazole rings is 1. The number of aromatic nitrogens is 3. The first-order chi connectivity index (χ1) is 9.69. The van der Waals surface area contributed by atoms with Gasteiger partial charge in [-0.15, -0.1) is 11.3 Å². The van der Waals surface area contributed by atoms with Crippen molar-refractivity contribution in [1.82, 2.24) is 20.1 Å². The largest absolute Gasteiger partial charge is 0.351 e. The Bertz CT molecular complexity index is 563. The fraction of sp³-hybridized carbons (Fsp3) is 0.462. The molecule has 108 valence electrons. The van der Waals surface area contributed by atoms with Crippen molar-refractivity contribution >= 4 is 17.2 Å². The van der Waals surface area contributed by atoms with Crippen LogP contribution < -0.4 is 11.1 Å². The number of nitrogens with two attached hydrogens (primary N) is 1. The molecule has 2 rings (SSSR count). The minimum absolute atomic E-state index is 0.115. The number of nitrogens with zero attached hydrogens (tertiary/aromatic N) is 3. The maximum atomic E-state index is 11.9. The molecule has 0 fully saturated rings. The van der Waals surface area contributed by atoms with E-state index < -0.39 is 0 Å². The lowest BCUT2D eigenvalue weighted by atomic mass is 10.2. The van der Waals surface area contributed by atoms with Crippen molar-refractivity contribution in [2.24, 2.45) is 12.8 Å². The van der Waals surface area contributed by atoms with Crippen molar-refractivity contribution in [3.63, 3.8) is 0 Å². The SMILES string of the molecule is Cn1cc(CCCNC(=O)c2csc(CCN)n2)cn1. The quantitative estimate of drug-likeness (QED) is 0.737. The number of hydrogen-bond donors (Lipinski definition) is 2. The van der Waals surface area contributed by atoms with Gasteiger partial charge in [-0.3, -0.25) is 9.48 Å². The van der Waals surface area contributed by atoms with Crippen LogP contribution in [0.15, 0.2) is 17.8 Å². The number of carbonyl (C=O) groups excluding carboxylic acids is 1. The summed E-state index contributed by atoms with van der Waals surface area (Å²) in [5.41, 5.74) is 7.13. The standard InChI is InChI=1S/C13H19N5OS/c1-18-8-10(7-16-18)3-2-6-15-13(19)11-9-20-12(17-11)4-5-14/h7-9H,2-6,14H2,1H3,(H,15,19). The van der Waals surface area contributed by atoms with Crippen LogP contribution in [0.4, 0.5) is 0 Å². The van der Waals surface area contributed by atoms with E-state index in [1.807, 2.05) is 19.4 Å². The summed E-state index contributed by atoms with van der Waals surface area (Å²) in [7, 11) is 1.90. The highest BCUT2D eigenvalue weighted by molar-refractivity contribution is 7.09. The van der Waals surface area contributed by atoms with Gasteiger partial charge in [-0.2, -0.15) is 5.10 Å². The third-order valence-corrected chi connectivity index (χ3v) is 3.74. The van der Waals surface area contributed by atoms with Crippen LogP contribution in [0.2, 0.25) is 0 Å². The number of amides is 1. The van der Waals surface area contributed by atoms with Crippen LogP contribution >= 0.6 is 11.3 Å². The molecule has 2 heterocycles. The maximum Gasteiger partial charge on any atom is 0.270 e. The topological polar surface area (TPSA) is 85.8 Å². The van der Waals surface area contributed by atoms with E-state index >= 15 is 0 Å². The van der Waals surface area contributed by atoms with Crippen LogP contribution in [0.3, 0.4) is 0 Å². The molecule has 0 aliphatic carbocycles. The molecule has 20 heavy (non-hydrogen) atoms. The second kappa shape index (κ2) is 7.16. The maximum absolute atomic E-state index is 11.9. The van der Waals surface area contributed by atoms with E-state index in [0.29, 0.717) is 18.8 Å². The normalized spacial score (nSPS) is 10.7. The Morgan fingerprint density at radius 3 is 3.05 bits per heavy atom. The Balaban J connectivity index is 1.71. The monoisotopic (exact) mass is 293 g/mol. The molecule has 0 saturated heterocycles. The molecule has 0 spiro atoms. The van der Waals surface area contributed by atoms with Gasteiger partial charge in [-0.05, 0) is 24.9 Å². The van der Waals surface area contributed by atoms with Crippen molar-refractivity contribution < 1.29 is 4.79 Å². The molecule has 2 aromatic rings. The molecule has 2 aromatic heterocycles. The molecule has 1 amide bonds. The first-order valence-electron chi connectivity index (χ1n) is 6.59. The predicted molar refractivity (Wildman–Crippen MR) is 78.7 cm³/mol. The molecular weight excluding hydrogens is 274 g/mol. The highest BCUT2D eigenvalue weighted by atomic mass is 32.1. The molecule has 0 radical (unpaired) electrons. The Kier molecular flexibility index (Phi) is 5.25. The average Bonchev–Trinajstić information content (AvgIpc) is 3.04. The lowest BCUT2D eigenvalue weighted by Crippen LogP contribution is -2.25. The molecule has 0 aliphatic rings. The number of nitrogens with one attached hydrogen (secondary N) is 1. The summed E-state index contributed by atoms with van der Waals surface area (Å²) < 4.78 is 1.78. The van der Waals surface area contributed by atoms with Gasteiger partial charge in [0.15, 0.2) is 0 Å². The van der Waals surface area contributed by atoms with Crippen molar-refractivity contribution in [3.8, 4) is 0 Å². The summed E-state index contributed by atoms with van der Waals surface area (Å²) in [5.74, 6) is -0.115. The Labute approximate surface area is 122 Å². The summed E-state index contributed by atoms with van der Waals surface area (Å²) >= 11 is 1.48. The smallest absolute Gasteiger partial charge is 0.270 e. The van der Waals surface area contributed by atoms with Gasteiger partial charge in [-0.25, -0.2) is 4.98 Å². The molecule has 0 aliphatic heterocycles. The van der Waals surface area contributed by atoms with E-state index in [9.17, 15) is 4.79 Å². The van der Waals surface area contributed by atoms with Gasteiger partial charge in [0.2, 0.25) is 0 Å². The molecular formula is C13H19N5OS. The summed E-state index contributed by atoms with van der Waals surface area (Å²) in [5, 5.41) is 9.68. The molecule has 0 saturated carbocycles. The molecule has 0 bridgehead atoms. The zero-order valence-corrected chi connectivity index (χ0v) is 12.3. The fourth-order valence-electron chi connectivity index (χ4n) is 1.84. The van der Waals surface area contributed by atoms with Crippen LogP contribution in [-0.2, 0) is 19.9 Å². The summed E-state index contributed by atoms with van der Waals surface area (Å²) in [6.07, 6.45) is 6.35. The Hall–Kier alpha value is -1.73. The van der Waals surface area contributed by atoms with E-state index in [1.54, 1.807) is 10.1 Å². The minimum atomic E-state index is -0.115. The van der Waals surface area contributed by atoms with Gasteiger partial charge in [0, 0.05) is 31.6 Å². The zero-order valence-electron chi connectivity index (χ0n) is 11.5. The van der Waals surface area contributed by atoms with Gasteiger partial charge in [0.1, 0.15) is 5.69 Å².